The third-order valence-corrected chi connectivity index (χ3v) is 9.04. The van der Waals surface area contributed by atoms with Gasteiger partial charge in [-0.25, -0.2) is 9.97 Å². The molecule has 0 saturated heterocycles. The maximum Gasteiger partial charge on any atom is 0.148 e. The highest BCUT2D eigenvalue weighted by Crippen LogP contribution is 2.35. The Bertz CT molecular complexity index is 1970. The average molecular weight is 553 g/mol. The topological polar surface area (TPSA) is 83.1 Å². The molecule has 0 aliphatic carbocycles. The van der Waals surface area contributed by atoms with Crippen LogP contribution in [0.3, 0.4) is 0 Å². The van der Waals surface area contributed by atoms with Gasteiger partial charge < -0.3 is 9.97 Å². The minimum Gasteiger partial charge on any atom is -0.337 e. The quantitative estimate of drug-likeness (QED) is 0.224. The molecular formula is C32H20N6S2. The fourth-order valence-corrected chi connectivity index (χ4v) is 6.68. The smallest absolute Gasteiger partial charge is 0.148 e. The van der Waals surface area contributed by atoms with Crippen molar-refractivity contribution in [3.63, 3.8) is 0 Å². The summed E-state index contributed by atoms with van der Waals surface area (Å²) in [5.41, 5.74) is 8.04. The van der Waals surface area contributed by atoms with Crippen LogP contribution in [0.1, 0.15) is 0 Å². The molecule has 0 amide bonds. The Morgan fingerprint density at radius 2 is 0.950 bits per heavy atom. The number of aromatic amines is 2. The molecular weight excluding hydrogens is 533 g/mol. The van der Waals surface area contributed by atoms with Gasteiger partial charge >= 0.3 is 0 Å². The zero-order valence-corrected chi connectivity index (χ0v) is 22.6. The Kier molecular flexibility index (Phi) is 5.39. The summed E-state index contributed by atoms with van der Waals surface area (Å²) in [6.07, 6.45) is 3.64. The van der Waals surface area contributed by atoms with Gasteiger partial charge in [-0.3, -0.25) is 9.97 Å². The molecule has 6 heterocycles. The largest absolute Gasteiger partial charge is 0.337 e. The number of pyridine rings is 2. The predicted octanol–water partition coefficient (Wildman–Crippen LogP) is 8.69. The summed E-state index contributed by atoms with van der Waals surface area (Å²) in [5, 5.41) is 0. The number of nitrogens with one attached hydrogen (secondary N) is 2. The fourth-order valence-electron chi connectivity index (χ4n) is 4.83. The molecule has 8 aromatic rings. The van der Waals surface area contributed by atoms with Gasteiger partial charge in [0.2, 0.25) is 0 Å². The van der Waals surface area contributed by atoms with E-state index in [9.17, 15) is 0 Å². The van der Waals surface area contributed by atoms with E-state index in [1.165, 1.54) is 0 Å². The van der Waals surface area contributed by atoms with Crippen LogP contribution in [0.25, 0.3) is 75.7 Å². The van der Waals surface area contributed by atoms with Crippen LogP contribution in [0.2, 0.25) is 0 Å². The molecule has 0 aliphatic heterocycles. The fraction of sp³-hybridized carbons (Fsp3) is 0. The first kappa shape index (κ1) is 23.0. The standard InChI is InChI=1S/C32H20N6S2/c1-3-15-33-23(5-1)27-11-13-29(39-27)31-35-21-9-7-19(17-25(21)37-31)20-8-10-22-26(18-20)38-32(36-22)30-14-12-28(40-30)24-6-2-4-16-34-24/h1-18H,(H,35,37)(H,36,38). The highest BCUT2D eigenvalue weighted by molar-refractivity contribution is 7.19. The molecule has 8 rings (SSSR count). The third kappa shape index (κ3) is 4.10. The summed E-state index contributed by atoms with van der Waals surface area (Å²) in [6, 6.07) is 33.1. The van der Waals surface area contributed by atoms with Crippen molar-refractivity contribution in [3.05, 3.63) is 109 Å². The molecule has 0 radical (unpaired) electrons. The lowest BCUT2D eigenvalue weighted by molar-refractivity contribution is 1.34. The van der Waals surface area contributed by atoms with Crippen molar-refractivity contribution in [3.8, 4) is 53.7 Å². The number of H-pyrrole nitrogens is 2. The zero-order valence-electron chi connectivity index (χ0n) is 21.0. The van der Waals surface area contributed by atoms with E-state index in [0.29, 0.717) is 0 Å². The van der Waals surface area contributed by atoms with E-state index in [1.54, 1.807) is 22.7 Å². The molecule has 190 valence electrons. The zero-order chi connectivity index (χ0) is 26.5. The highest BCUT2D eigenvalue weighted by Gasteiger charge is 2.13. The Balaban J connectivity index is 1.09. The van der Waals surface area contributed by atoms with Crippen molar-refractivity contribution in [1.29, 1.82) is 0 Å². The molecule has 40 heavy (non-hydrogen) atoms. The van der Waals surface area contributed by atoms with Crippen molar-refractivity contribution in [2.75, 3.05) is 0 Å². The van der Waals surface area contributed by atoms with Crippen LogP contribution < -0.4 is 0 Å². The second kappa shape index (κ2) is 9.37. The summed E-state index contributed by atoms with van der Waals surface area (Å²) in [6.45, 7) is 0. The second-order valence-corrected chi connectivity index (χ2v) is 11.6. The Hall–Kier alpha value is -4.92. The maximum absolute atomic E-state index is 4.92. The predicted molar refractivity (Wildman–Crippen MR) is 164 cm³/mol. The number of aromatic nitrogens is 6. The molecule has 0 atom stereocenters. The third-order valence-electron chi connectivity index (χ3n) is 6.81. The molecule has 0 unspecified atom stereocenters. The molecule has 6 nitrogen and oxygen atoms in total. The van der Waals surface area contributed by atoms with Crippen molar-refractivity contribution in [1.82, 2.24) is 29.9 Å². The first-order valence-electron chi connectivity index (χ1n) is 12.8. The van der Waals surface area contributed by atoms with Crippen LogP contribution in [0.5, 0.6) is 0 Å². The summed E-state index contributed by atoms with van der Waals surface area (Å²) >= 11 is 3.37. The van der Waals surface area contributed by atoms with Gasteiger partial charge in [0.25, 0.3) is 0 Å². The lowest BCUT2D eigenvalue weighted by Crippen LogP contribution is -1.79. The number of rotatable bonds is 5. The molecule has 0 aliphatic rings. The minimum absolute atomic E-state index is 0.868. The van der Waals surface area contributed by atoms with Gasteiger partial charge in [0.15, 0.2) is 0 Å². The monoisotopic (exact) mass is 552 g/mol. The Morgan fingerprint density at radius 1 is 0.475 bits per heavy atom. The Labute approximate surface area is 237 Å². The van der Waals surface area contributed by atoms with Gasteiger partial charge in [0.05, 0.1) is 53.0 Å². The van der Waals surface area contributed by atoms with E-state index >= 15 is 0 Å². The van der Waals surface area contributed by atoms with Crippen LogP contribution in [0.15, 0.2) is 109 Å². The molecule has 8 heteroatoms. The second-order valence-electron chi connectivity index (χ2n) is 9.39. The van der Waals surface area contributed by atoms with E-state index in [2.05, 4.69) is 80.6 Å². The van der Waals surface area contributed by atoms with E-state index in [-0.39, 0.29) is 0 Å². The number of hydrogen-bond donors (Lipinski definition) is 2. The molecule has 0 spiro atoms. The normalized spacial score (nSPS) is 11.5. The van der Waals surface area contributed by atoms with Crippen molar-refractivity contribution < 1.29 is 0 Å². The van der Waals surface area contributed by atoms with Crippen molar-refractivity contribution in [2.24, 2.45) is 0 Å². The van der Waals surface area contributed by atoms with E-state index in [4.69, 9.17) is 9.97 Å². The number of imidazole rings is 2. The van der Waals surface area contributed by atoms with Crippen LogP contribution >= 0.6 is 22.7 Å². The number of fused-ring (bicyclic) bond motifs is 2. The van der Waals surface area contributed by atoms with Crippen LogP contribution in [0.4, 0.5) is 0 Å². The average Bonchev–Trinajstić information content (AvgIpc) is 3.82. The molecule has 0 saturated carbocycles. The molecule has 0 fully saturated rings. The van der Waals surface area contributed by atoms with Gasteiger partial charge in [0.1, 0.15) is 11.6 Å². The maximum atomic E-state index is 4.92. The summed E-state index contributed by atoms with van der Waals surface area (Å²) < 4.78 is 0. The lowest BCUT2D eigenvalue weighted by atomic mass is 10.0. The van der Waals surface area contributed by atoms with Gasteiger partial charge in [-0.05, 0) is 83.9 Å². The summed E-state index contributed by atoms with van der Waals surface area (Å²) in [7, 11) is 0. The van der Waals surface area contributed by atoms with Gasteiger partial charge in [0, 0.05) is 12.4 Å². The van der Waals surface area contributed by atoms with Crippen molar-refractivity contribution in [2.45, 2.75) is 0 Å². The number of hydrogen-bond acceptors (Lipinski definition) is 6. The minimum atomic E-state index is 0.868. The van der Waals surface area contributed by atoms with E-state index in [1.807, 2.05) is 48.8 Å². The highest BCUT2D eigenvalue weighted by atomic mass is 32.1. The van der Waals surface area contributed by atoms with E-state index < -0.39 is 0 Å². The molecule has 2 aromatic carbocycles. The van der Waals surface area contributed by atoms with Gasteiger partial charge in [-0.2, -0.15) is 0 Å². The van der Waals surface area contributed by atoms with Crippen LogP contribution in [0, 0.1) is 0 Å². The van der Waals surface area contributed by atoms with Gasteiger partial charge in [-0.15, -0.1) is 22.7 Å². The molecule has 6 aromatic heterocycles. The van der Waals surface area contributed by atoms with Gasteiger partial charge in [-0.1, -0.05) is 24.3 Å². The SMILES string of the molecule is c1ccc(-c2ccc(-c3nc4cc(-c5ccc6[nH]c(-c7ccc(-c8ccccn8)s7)nc6c5)ccc4[nH]3)s2)nc1. The van der Waals surface area contributed by atoms with E-state index in [0.717, 1.165) is 75.7 Å². The van der Waals surface area contributed by atoms with Crippen molar-refractivity contribution >= 4 is 44.7 Å². The Morgan fingerprint density at radius 3 is 1.40 bits per heavy atom. The summed E-state index contributed by atoms with van der Waals surface area (Å²) in [5.74, 6) is 1.74. The lowest BCUT2D eigenvalue weighted by Gasteiger charge is -2.01. The molecule has 2 N–H and O–H groups in total. The number of benzene rings is 2. The molecule has 0 bridgehead atoms. The summed E-state index contributed by atoms with van der Waals surface area (Å²) in [4.78, 5) is 30.2. The van der Waals surface area contributed by atoms with Crippen LogP contribution in [-0.4, -0.2) is 29.9 Å². The van der Waals surface area contributed by atoms with Crippen LogP contribution in [-0.2, 0) is 0 Å². The number of thiophene rings is 2. The number of nitrogens with zero attached hydrogens (tertiary/aromatic N) is 4. The first-order chi connectivity index (χ1) is 19.8. The first-order valence-corrected chi connectivity index (χ1v) is 14.4.